The van der Waals surface area contributed by atoms with Crippen LogP contribution < -0.4 is 4.74 Å². The van der Waals surface area contributed by atoms with E-state index in [1.54, 1.807) is 11.8 Å². The molecular weight excluding hydrogens is 288 g/mol. The van der Waals surface area contributed by atoms with Crippen molar-refractivity contribution >= 4 is 0 Å². The molecule has 0 unspecified atom stereocenters. The van der Waals surface area contributed by atoms with Gasteiger partial charge >= 0.3 is 12.4 Å². The van der Waals surface area contributed by atoms with Gasteiger partial charge in [0.1, 0.15) is 12.5 Å². The minimum Gasteiger partial charge on any atom is -0.477 e. The molecule has 1 aromatic rings. The Kier molecular flexibility index (Phi) is 3.62. The van der Waals surface area contributed by atoms with E-state index in [0.29, 0.717) is 12.6 Å². The van der Waals surface area contributed by atoms with Crippen LogP contribution in [-0.2, 0) is 18.9 Å². The molecule has 0 fully saturated rings. The van der Waals surface area contributed by atoms with Gasteiger partial charge in [0, 0.05) is 12.1 Å². The fourth-order valence-electron chi connectivity index (χ4n) is 2.00. The summed E-state index contributed by atoms with van der Waals surface area (Å²) in [6, 6.07) is 0.812. The van der Waals surface area contributed by atoms with E-state index < -0.39 is 29.2 Å². The van der Waals surface area contributed by atoms with Gasteiger partial charge in [0.05, 0.1) is 11.1 Å². The summed E-state index contributed by atoms with van der Waals surface area (Å²) in [4.78, 5) is 1.60. The molecule has 1 aliphatic heterocycles. The second-order valence-electron chi connectivity index (χ2n) is 4.43. The molecule has 0 saturated carbocycles. The van der Waals surface area contributed by atoms with Gasteiger partial charge in [0.15, 0.2) is 0 Å². The summed E-state index contributed by atoms with van der Waals surface area (Å²) in [6.07, 6.45) is -9.72. The summed E-state index contributed by atoms with van der Waals surface area (Å²) in [5.74, 6) is -0.504. The van der Waals surface area contributed by atoms with Gasteiger partial charge in [0.25, 0.3) is 0 Å². The first-order chi connectivity index (χ1) is 9.13. The van der Waals surface area contributed by atoms with E-state index in [-0.39, 0.29) is 24.9 Å². The van der Waals surface area contributed by atoms with Gasteiger partial charge in [-0.1, -0.05) is 6.92 Å². The zero-order valence-electron chi connectivity index (χ0n) is 10.4. The maximum absolute atomic E-state index is 12.9. The number of nitrogens with zero attached hydrogens (tertiary/aromatic N) is 1. The van der Waals surface area contributed by atoms with Gasteiger partial charge in [-0.25, -0.2) is 0 Å². The van der Waals surface area contributed by atoms with Crippen LogP contribution in [-0.4, -0.2) is 18.2 Å². The molecule has 0 N–H and O–H groups in total. The Balaban J connectivity index is 2.58. The van der Waals surface area contributed by atoms with Crippen LogP contribution in [0.4, 0.5) is 26.3 Å². The number of fused-ring (bicyclic) bond motifs is 1. The van der Waals surface area contributed by atoms with E-state index in [9.17, 15) is 26.3 Å². The molecule has 0 saturated heterocycles. The van der Waals surface area contributed by atoms with E-state index in [4.69, 9.17) is 4.74 Å². The van der Waals surface area contributed by atoms with Crippen LogP contribution in [0.15, 0.2) is 12.1 Å². The smallest absolute Gasteiger partial charge is 0.419 e. The molecule has 0 amide bonds. The van der Waals surface area contributed by atoms with Crippen LogP contribution in [0.25, 0.3) is 0 Å². The molecule has 1 aliphatic rings. The van der Waals surface area contributed by atoms with Crippen LogP contribution in [0.3, 0.4) is 0 Å². The third kappa shape index (κ3) is 2.84. The second kappa shape index (κ2) is 4.83. The maximum atomic E-state index is 12.9. The predicted octanol–water partition coefficient (Wildman–Crippen LogP) is 3.90. The first-order valence-corrected chi connectivity index (χ1v) is 5.79. The normalized spacial score (nSPS) is 16.8. The Morgan fingerprint density at radius 3 is 2.25 bits per heavy atom. The van der Waals surface area contributed by atoms with E-state index >= 15 is 0 Å². The van der Waals surface area contributed by atoms with Crippen LogP contribution >= 0.6 is 0 Å². The lowest BCUT2D eigenvalue weighted by Gasteiger charge is -2.30. The fourth-order valence-corrected chi connectivity index (χ4v) is 2.00. The summed E-state index contributed by atoms with van der Waals surface area (Å²) in [7, 11) is 0. The second-order valence-corrected chi connectivity index (χ2v) is 4.43. The highest BCUT2D eigenvalue weighted by atomic mass is 19.4. The minimum atomic E-state index is -4.89. The molecule has 1 heterocycles. The molecule has 2 rings (SSSR count). The Labute approximate surface area is 110 Å². The van der Waals surface area contributed by atoms with Gasteiger partial charge in [0.2, 0.25) is 0 Å². The van der Waals surface area contributed by atoms with Gasteiger partial charge in [-0.2, -0.15) is 26.3 Å². The zero-order valence-corrected chi connectivity index (χ0v) is 10.4. The fraction of sp³-hybridized carbons (Fsp3) is 0.500. The van der Waals surface area contributed by atoms with Gasteiger partial charge in [-0.15, -0.1) is 0 Å². The number of ether oxygens (including phenoxy) is 1. The number of rotatable bonds is 1. The van der Waals surface area contributed by atoms with Gasteiger partial charge in [-0.05, 0) is 18.7 Å². The topological polar surface area (TPSA) is 12.5 Å². The molecule has 20 heavy (non-hydrogen) atoms. The molecule has 0 aromatic heterocycles. The monoisotopic (exact) mass is 299 g/mol. The largest absolute Gasteiger partial charge is 0.477 e. The average Bonchev–Trinajstić information content (AvgIpc) is 2.34. The Hall–Kier alpha value is -1.44. The Morgan fingerprint density at radius 1 is 1.10 bits per heavy atom. The lowest BCUT2D eigenvalue weighted by atomic mass is 10.0. The predicted molar refractivity (Wildman–Crippen MR) is 58.0 cm³/mol. The van der Waals surface area contributed by atoms with E-state index in [0.717, 1.165) is 0 Å². The summed E-state index contributed by atoms with van der Waals surface area (Å²) < 4.78 is 81.6. The molecule has 0 atom stereocenters. The molecule has 8 heteroatoms. The highest BCUT2D eigenvalue weighted by Crippen LogP contribution is 2.43. The lowest BCUT2D eigenvalue weighted by molar-refractivity contribution is -0.144. The number of alkyl halides is 6. The number of halogens is 6. The van der Waals surface area contributed by atoms with Crippen molar-refractivity contribution < 1.29 is 31.1 Å². The molecule has 0 radical (unpaired) electrons. The van der Waals surface area contributed by atoms with Crippen molar-refractivity contribution in [2.24, 2.45) is 0 Å². The summed E-state index contributed by atoms with van der Waals surface area (Å²) in [6.45, 7) is 2.14. The molecule has 0 bridgehead atoms. The SMILES string of the molecule is CCN1COc2c(cc(C(F)(F)F)cc2C(F)(F)F)C1. The third-order valence-electron chi connectivity index (χ3n) is 3.03. The lowest BCUT2D eigenvalue weighted by Crippen LogP contribution is -2.33. The van der Waals surface area contributed by atoms with E-state index in [2.05, 4.69) is 0 Å². The van der Waals surface area contributed by atoms with Crippen molar-refractivity contribution in [1.82, 2.24) is 4.90 Å². The van der Waals surface area contributed by atoms with Crippen LogP contribution in [0, 0.1) is 0 Å². The number of hydrogen-bond donors (Lipinski definition) is 0. The first-order valence-electron chi connectivity index (χ1n) is 5.79. The highest BCUT2D eigenvalue weighted by molar-refractivity contribution is 5.48. The van der Waals surface area contributed by atoms with Crippen molar-refractivity contribution in [1.29, 1.82) is 0 Å². The summed E-state index contributed by atoms with van der Waals surface area (Å²) in [5.41, 5.74) is -2.79. The maximum Gasteiger partial charge on any atom is 0.419 e. The van der Waals surface area contributed by atoms with Crippen molar-refractivity contribution in [2.45, 2.75) is 25.8 Å². The van der Waals surface area contributed by atoms with Crippen molar-refractivity contribution in [3.63, 3.8) is 0 Å². The van der Waals surface area contributed by atoms with Crippen molar-refractivity contribution in [3.05, 3.63) is 28.8 Å². The van der Waals surface area contributed by atoms with Crippen LogP contribution in [0.1, 0.15) is 23.6 Å². The standard InChI is InChI=1S/C12H11F6NO/c1-2-19-5-7-3-8(11(13,14)15)4-9(12(16,17)18)10(7)20-6-19/h3-4H,2,5-6H2,1H3. The molecule has 2 nitrogen and oxygen atoms in total. The molecule has 112 valence electrons. The van der Waals surface area contributed by atoms with Crippen molar-refractivity contribution in [2.75, 3.05) is 13.3 Å². The first kappa shape index (κ1) is 15.0. The number of benzene rings is 1. The van der Waals surface area contributed by atoms with Gasteiger partial charge in [-0.3, -0.25) is 4.90 Å². The molecule has 0 spiro atoms. The zero-order chi connectivity index (χ0) is 15.1. The van der Waals surface area contributed by atoms with E-state index in [1.165, 1.54) is 0 Å². The summed E-state index contributed by atoms with van der Waals surface area (Å²) in [5, 5.41) is 0. The molecule has 1 aromatic carbocycles. The third-order valence-corrected chi connectivity index (χ3v) is 3.03. The highest BCUT2D eigenvalue weighted by Gasteiger charge is 2.41. The van der Waals surface area contributed by atoms with Crippen LogP contribution in [0.5, 0.6) is 5.75 Å². The number of hydrogen-bond acceptors (Lipinski definition) is 2. The van der Waals surface area contributed by atoms with Gasteiger partial charge < -0.3 is 4.74 Å². The quantitative estimate of drug-likeness (QED) is 0.729. The summed E-state index contributed by atoms with van der Waals surface area (Å²) >= 11 is 0. The van der Waals surface area contributed by atoms with E-state index in [1.807, 2.05) is 0 Å². The minimum absolute atomic E-state index is 0.00116. The molecule has 0 aliphatic carbocycles. The van der Waals surface area contributed by atoms with Crippen LogP contribution in [0.2, 0.25) is 0 Å². The average molecular weight is 299 g/mol. The Morgan fingerprint density at radius 2 is 1.75 bits per heavy atom. The Bertz CT molecular complexity index is 508. The molecular formula is C12H11F6NO. The van der Waals surface area contributed by atoms with Crippen molar-refractivity contribution in [3.8, 4) is 5.75 Å².